The van der Waals surface area contributed by atoms with E-state index in [1.165, 1.54) is 11.3 Å². The third-order valence-electron chi connectivity index (χ3n) is 3.43. The van der Waals surface area contributed by atoms with Gasteiger partial charge in [-0.2, -0.15) is 11.3 Å². The summed E-state index contributed by atoms with van der Waals surface area (Å²) in [6.07, 6.45) is -0.851. The first kappa shape index (κ1) is 15.2. The van der Waals surface area contributed by atoms with Crippen molar-refractivity contribution in [1.29, 1.82) is 0 Å². The van der Waals surface area contributed by atoms with Crippen molar-refractivity contribution in [3.8, 4) is 0 Å². The zero-order valence-corrected chi connectivity index (χ0v) is 13.3. The summed E-state index contributed by atoms with van der Waals surface area (Å²) in [6.45, 7) is -0.0533. The molecule has 0 bridgehead atoms. The molecule has 1 atom stereocenters. The Balaban J connectivity index is 1.86. The Morgan fingerprint density at radius 1 is 1.09 bits per heavy atom. The number of sulfonamides is 1. The number of aliphatic hydroxyl groups is 1. The van der Waals surface area contributed by atoms with E-state index >= 15 is 0 Å². The molecule has 0 saturated heterocycles. The molecule has 0 aliphatic carbocycles. The molecule has 3 rings (SSSR count). The van der Waals surface area contributed by atoms with Crippen molar-refractivity contribution < 1.29 is 13.5 Å². The highest BCUT2D eigenvalue weighted by atomic mass is 32.2. The van der Waals surface area contributed by atoms with Gasteiger partial charge >= 0.3 is 0 Å². The fourth-order valence-electron chi connectivity index (χ4n) is 2.28. The van der Waals surface area contributed by atoms with Crippen LogP contribution in [0.2, 0.25) is 0 Å². The molecule has 0 fully saturated rings. The van der Waals surface area contributed by atoms with Gasteiger partial charge in [-0.3, -0.25) is 0 Å². The van der Waals surface area contributed by atoms with Crippen molar-refractivity contribution in [3.05, 3.63) is 64.9 Å². The van der Waals surface area contributed by atoms with Gasteiger partial charge in [0, 0.05) is 11.9 Å². The molecule has 6 heteroatoms. The summed E-state index contributed by atoms with van der Waals surface area (Å²) >= 11 is 1.46. The molecule has 1 aromatic heterocycles. The van der Waals surface area contributed by atoms with Crippen LogP contribution in [0.1, 0.15) is 11.7 Å². The van der Waals surface area contributed by atoms with Crippen LogP contribution in [0.5, 0.6) is 0 Å². The lowest BCUT2D eigenvalue weighted by atomic mass is 10.1. The molecule has 2 aromatic carbocycles. The molecular formula is C16H15NO3S2. The second-order valence-electron chi connectivity index (χ2n) is 4.90. The maximum atomic E-state index is 12.5. The number of hydrogen-bond acceptors (Lipinski definition) is 4. The van der Waals surface area contributed by atoms with E-state index in [9.17, 15) is 13.5 Å². The predicted molar refractivity (Wildman–Crippen MR) is 88.4 cm³/mol. The summed E-state index contributed by atoms with van der Waals surface area (Å²) in [5.41, 5.74) is 0.714. The van der Waals surface area contributed by atoms with Gasteiger partial charge in [0.2, 0.25) is 10.0 Å². The third kappa shape index (κ3) is 3.05. The molecule has 0 amide bonds. The first-order valence-corrected chi connectivity index (χ1v) is 9.18. The average Bonchev–Trinajstić information content (AvgIpc) is 3.06. The van der Waals surface area contributed by atoms with Gasteiger partial charge < -0.3 is 5.11 Å². The van der Waals surface area contributed by atoms with Crippen molar-refractivity contribution in [3.63, 3.8) is 0 Å². The molecule has 0 saturated carbocycles. The standard InChI is InChI=1S/C16H15NO3S2/c18-15(13-8-9-21-11-13)10-17-22(19,20)16-7-3-5-12-4-1-2-6-14(12)16/h1-9,11,15,17-18H,10H2. The minimum atomic E-state index is -3.68. The summed E-state index contributed by atoms with van der Waals surface area (Å²) in [7, 11) is -3.68. The van der Waals surface area contributed by atoms with Crippen LogP contribution in [0.25, 0.3) is 10.8 Å². The van der Waals surface area contributed by atoms with Gasteiger partial charge in [-0.05, 0) is 33.8 Å². The Morgan fingerprint density at radius 2 is 1.86 bits per heavy atom. The fraction of sp³-hybridized carbons (Fsp3) is 0.125. The molecule has 3 aromatic rings. The number of rotatable bonds is 5. The van der Waals surface area contributed by atoms with Crippen LogP contribution in [0.3, 0.4) is 0 Å². The van der Waals surface area contributed by atoms with E-state index in [0.29, 0.717) is 10.9 Å². The molecule has 1 unspecified atom stereocenters. The molecule has 4 nitrogen and oxygen atoms in total. The molecule has 114 valence electrons. The highest BCUT2D eigenvalue weighted by Gasteiger charge is 2.19. The Hall–Kier alpha value is -1.73. The van der Waals surface area contributed by atoms with Gasteiger partial charge in [-0.15, -0.1) is 0 Å². The number of nitrogens with one attached hydrogen (secondary N) is 1. The summed E-state index contributed by atoms with van der Waals surface area (Å²) in [4.78, 5) is 0.225. The summed E-state index contributed by atoms with van der Waals surface area (Å²) in [5.74, 6) is 0. The lowest BCUT2D eigenvalue weighted by Gasteiger charge is -2.12. The van der Waals surface area contributed by atoms with Crippen molar-refractivity contribution in [2.24, 2.45) is 0 Å². The molecule has 0 radical (unpaired) electrons. The van der Waals surface area contributed by atoms with E-state index in [-0.39, 0.29) is 11.4 Å². The molecule has 2 N–H and O–H groups in total. The van der Waals surface area contributed by atoms with Crippen LogP contribution in [0.15, 0.2) is 64.2 Å². The second kappa shape index (κ2) is 6.18. The SMILES string of the molecule is O=S(=O)(NCC(O)c1ccsc1)c1cccc2ccccc12. The largest absolute Gasteiger partial charge is 0.387 e. The molecule has 0 aliphatic rings. The molecule has 1 heterocycles. The van der Waals surface area contributed by atoms with Crippen molar-refractivity contribution in [1.82, 2.24) is 4.72 Å². The number of benzene rings is 2. The maximum Gasteiger partial charge on any atom is 0.241 e. The predicted octanol–water partition coefficient (Wildman–Crippen LogP) is 2.91. The van der Waals surface area contributed by atoms with Gasteiger partial charge in [0.1, 0.15) is 0 Å². The number of fused-ring (bicyclic) bond motifs is 1. The molecule has 0 aliphatic heterocycles. The highest BCUT2D eigenvalue weighted by Crippen LogP contribution is 2.23. The number of aliphatic hydroxyl groups excluding tert-OH is 1. The quantitative estimate of drug-likeness (QED) is 0.754. The topological polar surface area (TPSA) is 66.4 Å². The van der Waals surface area contributed by atoms with Crippen LogP contribution in [0.4, 0.5) is 0 Å². The zero-order valence-electron chi connectivity index (χ0n) is 11.6. The first-order chi connectivity index (χ1) is 10.6. The van der Waals surface area contributed by atoms with Crippen molar-refractivity contribution in [2.75, 3.05) is 6.54 Å². The lowest BCUT2D eigenvalue weighted by Crippen LogP contribution is -2.28. The molecule has 0 spiro atoms. The van der Waals surface area contributed by atoms with E-state index in [0.717, 1.165) is 5.39 Å². The normalized spacial score (nSPS) is 13.3. The van der Waals surface area contributed by atoms with Gasteiger partial charge in [-0.1, -0.05) is 36.4 Å². The second-order valence-corrected chi connectivity index (χ2v) is 7.42. The average molecular weight is 333 g/mol. The summed E-state index contributed by atoms with van der Waals surface area (Å²) in [6, 6.07) is 14.3. The summed E-state index contributed by atoms with van der Waals surface area (Å²) in [5, 5.41) is 15.2. The van der Waals surface area contributed by atoms with E-state index in [2.05, 4.69) is 4.72 Å². The van der Waals surface area contributed by atoms with Crippen molar-refractivity contribution in [2.45, 2.75) is 11.0 Å². The summed E-state index contributed by atoms with van der Waals surface area (Å²) < 4.78 is 27.5. The number of thiophene rings is 1. The Morgan fingerprint density at radius 3 is 2.64 bits per heavy atom. The Labute approximate surface area is 133 Å². The maximum absolute atomic E-state index is 12.5. The fourth-order valence-corrected chi connectivity index (χ4v) is 4.25. The minimum absolute atomic E-state index is 0.0533. The Bertz CT molecular complexity index is 868. The Kier molecular flexibility index (Phi) is 4.26. The molecular weight excluding hydrogens is 318 g/mol. The van der Waals surface area contributed by atoms with E-state index in [4.69, 9.17) is 0 Å². The van der Waals surface area contributed by atoms with Gasteiger partial charge in [0.25, 0.3) is 0 Å². The van der Waals surface area contributed by atoms with Crippen LogP contribution < -0.4 is 4.72 Å². The van der Waals surface area contributed by atoms with E-state index < -0.39 is 16.1 Å². The first-order valence-electron chi connectivity index (χ1n) is 6.75. The minimum Gasteiger partial charge on any atom is -0.387 e. The van der Waals surface area contributed by atoms with Crippen LogP contribution in [-0.2, 0) is 10.0 Å². The monoisotopic (exact) mass is 333 g/mol. The van der Waals surface area contributed by atoms with E-state index in [1.54, 1.807) is 29.6 Å². The van der Waals surface area contributed by atoms with Crippen LogP contribution >= 0.6 is 11.3 Å². The number of hydrogen-bond donors (Lipinski definition) is 2. The smallest absolute Gasteiger partial charge is 0.241 e. The van der Waals surface area contributed by atoms with Crippen molar-refractivity contribution >= 4 is 32.1 Å². The van der Waals surface area contributed by atoms with Gasteiger partial charge in [-0.25, -0.2) is 13.1 Å². The highest BCUT2D eigenvalue weighted by molar-refractivity contribution is 7.89. The van der Waals surface area contributed by atoms with E-state index in [1.807, 2.05) is 29.6 Å². The zero-order chi connectivity index (χ0) is 15.6. The van der Waals surface area contributed by atoms with Crippen LogP contribution in [0, 0.1) is 0 Å². The van der Waals surface area contributed by atoms with Gasteiger partial charge in [0.05, 0.1) is 11.0 Å². The van der Waals surface area contributed by atoms with Crippen LogP contribution in [-0.4, -0.2) is 20.1 Å². The third-order valence-corrected chi connectivity index (χ3v) is 5.62. The molecule has 22 heavy (non-hydrogen) atoms. The van der Waals surface area contributed by atoms with Gasteiger partial charge in [0.15, 0.2) is 0 Å². The lowest BCUT2D eigenvalue weighted by molar-refractivity contribution is 0.182.